The first-order valence-corrected chi connectivity index (χ1v) is 9.05. The fraction of sp³-hybridized carbons (Fsp3) is 0.238. The molecule has 0 bridgehead atoms. The van der Waals surface area contributed by atoms with Crippen molar-refractivity contribution in [3.05, 3.63) is 72.2 Å². The monoisotopic (exact) mass is 364 g/mol. The van der Waals surface area contributed by atoms with Gasteiger partial charge in [0.05, 0.1) is 5.52 Å². The van der Waals surface area contributed by atoms with Crippen molar-refractivity contribution in [1.29, 1.82) is 0 Å². The molecule has 0 aliphatic carbocycles. The molecular formula is C21H21FN4O. The normalized spacial score (nSPS) is 15.1. The average Bonchev–Trinajstić information content (AvgIpc) is 2.70. The number of carbonyl (C=O) groups excluding carboxylic acids is 1. The van der Waals surface area contributed by atoms with Crippen molar-refractivity contribution in [3.63, 3.8) is 0 Å². The molecule has 6 heteroatoms. The van der Waals surface area contributed by atoms with Gasteiger partial charge in [0, 0.05) is 50.0 Å². The van der Waals surface area contributed by atoms with Crippen molar-refractivity contribution < 1.29 is 9.18 Å². The highest BCUT2D eigenvalue weighted by atomic mass is 19.1. The molecule has 0 atom stereocenters. The molecule has 1 N–H and O–H groups in total. The number of fused-ring (bicyclic) bond motifs is 1. The SMILES string of the molecule is O=C(Nc1ccc(F)cc1)N1CCN(Cc2cccc3cccnc23)CC1. The molecule has 2 amide bonds. The number of nitrogens with one attached hydrogen (secondary N) is 1. The molecular weight excluding hydrogens is 343 g/mol. The van der Waals surface area contributed by atoms with Crippen LogP contribution in [-0.4, -0.2) is 47.0 Å². The second-order valence-electron chi connectivity index (χ2n) is 6.69. The number of hydrogen-bond acceptors (Lipinski definition) is 3. The molecule has 4 rings (SSSR count). The first-order valence-electron chi connectivity index (χ1n) is 9.05. The van der Waals surface area contributed by atoms with Gasteiger partial charge in [-0.3, -0.25) is 9.88 Å². The first kappa shape index (κ1) is 17.4. The van der Waals surface area contributed by atoms with Crippen LogP contribution in [0.4, 0.5) is 14.9 Å². The maximum Gasteiger partial charge on any atom is 0.321 e. The molecule has 0 unspecified atom stereocenters. The van der Waals surface area contributed by atoms with E-state index in [1.54, 1.807) is 17.0 Å². The molecule has 5 nitrogen and oxygen atoms in total. The van der Waals surface area contributed by atoms with Crippen LogP contribution in [0.15, 0.2) is 60.8 Å². The Labute approximate surface area is 157 Å². The van der Waals surface area contributed by atoms with Crippen LogP contribution in [0.2, 0.25) is 0 Å². The number of piperazine rings is 1. The minimum absolute atomic E-state index is 0.145. The molecule has 138 valence electrons. The van der Waals surface area contributed by atoms with E-state index in [2.05, 4.69) is 39.5 Å². The lowest BCUT2D eigenvalue weighted by molar-refractivity contribution is 0.143. The van der Waals surface area contributed by atoms with Crippen molar-refractivity contribution in [3.8, 4) is 0 Å². The Balaban J connectivity index is 1.34. The summed E-state index contributed by atoms with van der Waals surface area (Å²) in [5, 5.41) is 3.97. The van der Waals surface area contributed by atoms with Crippen molar-refractivity contribution >= 4 is 22.6 Å². The van der Waals surface area contributed by atoms with Crippen LogP contribution in [0.3, 0.4) is 0 Å². The minimum atomic E-state index is -0.315. The van der Waals surface area contributed by atoms with Crippen LogP contribution < -0.4 is 5.32 Å². The molecule has 2 aromatic carbocycles. The van der Waals surface area contributed by atoms with E-state index in [4.69, 9.17) is 0 Å². The molecule has 0 spiro atoms. The highest BCUT2D eigenvalue weighted by Gasteiger charge is 2.21. The highest BCUT2D eigenvalue weighted by Crippen LogP contribution is 2.18. The molecule has 27 heavy (non-hydrogen) atoms. The summed E-state index contributed by atoms with van der Waals surface area (Å²) in [5.41, 5.74) is 2.85. The second-order valence-corrected chi connectivity index (χ2v) is 6.69. The summed E-state index contributed by atoms with van der Waals surface area (Å²) in [5.74, 6) is -0.315. The minimum Gasteiger partial charge on any atom is -0.322 e. The van der Waals surface area contributed by atoms with Crippen LogP contribution in [0.5, 0.6) is 0 Å². The van der Waals surface area contributed by atoms with Gasteiger partial charge in [0.15, 0.2) is 0 Å². The van der Waals surface area contributed by atoms with Crippen LogP contribution in [0.1, 0.15) is 5.56 Å². The van der Waals surface area contributed by atoms with E-state index < -0.39 is 0 Å². The first-order chi connectivity index (χ1) is 13.2. The lowest BCUT2D eigenvalue weighted by Gasteiger charge is -2.34. The zero-order chi connectivity index (χ0) is 18.6. The van der Waals surface area contributed by atoms with Crippen LogP contribution >= 0.6 is 0 Å². The summed E-state index contributed by atoms with van der Waals surface area (Å²) in [6, 6.07) is 15.9. The Hall–Kier alpha value is -2.99. The smallest absolute Gasteiger partial charge is 0.321 e. The second kappa shape index (κ2) is 7.72. The number of nitrogens with zero attached hydrogens (tertiary/aromatic N) is 3. The van der Waals surface area contributed by atoms with Crippen LogP contribution in [0, 0.1) is 5.82 Å². The van der Waals surface area contributed by atoms with Crippen molar-refractivity contribution in [2.24, 2.45) is 0 Å². The summed E-state index contributed by atoms with van der Waals surface area (Å²) in [6.07, 6.45) is 1.82. The fourth-order valence-electron chi connectivity index (χ4n) is 3.38. The number of aromatic nitrogens is 1. The maximum absolute atomic E-state index is 13.0. The summed E-state index contributed by atoms with van der Waals surface area (Å²) < 4.78 is 13.0. The van der Waals surface area contributed by atoms with Crippen LogP contribution in [0.25, 0.3) is 10.9 Å². The van der Waals surface area contributed by atoms with Gasteiger partial charge in [0.2, 0.25) is 0 Å². The number of hydrogen-bond donors (Lipinski definition) is 1. The van der Waals surface area contributed by atoms with Gasteiger partial charge in [-0.2, -0.15) is 0 Å². The van der Waals surface area contributed by atoms with E-state index in [0.29, 0.717) is 18.8 Å². The molecule has 1 saturated heterocycles. The standard InChI is InChI=1S/C21H21FN4O/c22-18-6-8-19(9-7-18)24-21(27)26-13-11-25(12-14-26)15-17-4-1-3-16-5-2-10-23-20(16)17/h1-10H,11-15H2,(H,24,27). The number of urea groups is 1. The van der Waals surface area contributed by atoms with Gasteiger partial charge < -0.3 is 10.2 Å². The Morgan fingerprint density at radius 2 is 1.74 bits per heavy atom. The lowest BCUT2D eigenvalue weighted by atomic mass is 10.1. The Bertz CT molecular complexity index is 931. The van der Waals surface area contributed by atoms with E-state index in [-0.39, 0.29) is 11.8 Å². The molecule has 1 aliphatic rings. The van der Waals surface area contributed by atoms with E-state index >= 15 is 0 Å². The highest BCUT2D eigenvalue weighted by molar-refractivity contribution is 5.89. The van der Waals surface area contributed by atoms with Gasteiger partial charge in [-0.25, -0.2) is 9.18 Å². The zero-order valence-corrected chi connectivity index (χ0v) is 14.9. The van der Waals surface area contributed by atoms with Gasteiger partial charge >= 0.3 is 6.03 Å². The molecule has 2 heterocycles. The summed E-state index contributed by atoms with van der Waals surface area (Å²) in [7, 11) is 0. The zero-order valence-electron chi connectivity index (χ0n) is 14.9. The number of amides is 2. The van der Waals surface area contributed by atoms with E-state index in [9.17, 15) is 9.18 Å². The Morgan fingerprint density at radius 3 is 2.52 bits per heavy atom. The molecule has 1 aliphatic heterocycles. The molecule has 3 aromatic rings. The summed E-state index contributed by atoms with van der Waals surface area (Å²) in [4.78, 5) is 21.0. The quantitative estimate of drug-likeness (QED) is 0.770. The van der Waals surface area contributed by atoms with E-state index in [1.807, 2.05) is 12.3 Å². The van der Waals surface area contributed by atoms with Crippen molar-refractivity contribution in [2.45, 2.75) is 6.54 Å². The van der Waals surface area contributed by atoms with Gasteiger partial charge in [0.25, 0.3) is 0 Å². The third-order valence-corrected chi connectivity index (χ3v) is 4.87. The molecule has 1 aromatic heterocycles. The predicted octanol–water partition coefficient (Wildman–Crippen LogP) is 3.72. The van der Waals surface area contributed by atoms with Gasteiger partial charge in [-0.05, 0) is 35.9 Å². The number of rotatable bonds is 3. The number of benzene rings is 2. The maximum atomic E-state index is 13.0. The van der Waals surface area contributed by atoms with Crippen molar-refractivity contribution in [2.75, 3.05) is 31.5 Å². The van der Waals surface area contributed by atoms with Crippen molar-refractivity contribution in [1.82, 2.24) is 14.8 Å². The molecule has 0 radical (unpaired) electrons. The average molecular weight is 364 g/mol. The Kier molecular flexibility index (Phi) is 4.98. The topological polar surface area (TPSA) is 48.5 Å². The fourth-order valence-corrected chi connectivity index (χ4v) is 3.38. The third kappa shape index (κ3) is 4.06. The summed E-state index contributed by atoms with van der Waals surface area (Å²) in [6.45, 7) is 3.75. The predicted molar refractivity (Wildman–Crippen MR) is 104 cm³/mol. The van der Waals surface area contributed by atoms with Gasteiger partial charge in [-0.15, -0.1) is 0 Å². The van der Waals surface area contributed by atoms with Gasteiger partial charge in [-0.1, -0.05) is 24.3 Å². The van der Waals surface area contributed by atoms with Crippen LogP contribution in [-0.2, 0) is 6.54 Å². The number of carbonyl (C=O) groups is 1. The number of halogens is 1. The molecule has 1 fully saturated rings. The number of anilines is 1. The third-order valence-electron chi connectivity index (χ3n) is 4.87. The summed E-state index contributed by atoms with van der Waals surface area (Å²) >= 11 is 0. The van der Waals surface area contributed by atoms with E-state index in [0.717, 1.165) is 30.5 Å². The Morgan fingerprint density at radius 1 is 1.00 bits per heavy atom. The van der Waals surface area contributed by atoms with Gasteiger partial charge in [0.1, 0.15) is 5.82 Å². The lowest BCUT2D eigenvalue weighted by Crippen LogP contribution is -2.49. The number of para-hydroxylation sites is 1. The number of pyridine rings is 1. The molecule has 0 saturated carbocycles. The van der Waals surface area contributed by atoms with E-state index in [1.165, 1.54) is 17.7 Å². The largest absolute Gasteiger partial charge is 0.322 e.